The highest BCUT2D eigenvalue weighted by atomic mass is 16.7. The summed E-state index contributed by atoms with van der Waals surface area (Å²) in [5, 5.41) is 2.26. The van der Waals surface area contributed by atoms with E-state index in [4.69, 9.17) is 4.84 Å². The van der Waals surface area contributed by atoms with Crippen LogP contribution in [0, 0.1) is 11.8 Å². The van der Waals surface area contributed by atoms with Crippen LogP contribution in [0.5, 0.6) is 0 Å². The topological polar surface area (TPSA) is 15.7 Å². The van der Waals surface area contributed by atoms with Crippen molar-refractivity contribution in [3.05, 3.63) is 0 Å². The molecule has 0 atom stereocenters. The first kappa shape index (κ1) is 15.8. The van der Waals surface area contributed by atoms with Crippen molar-refractivity contribution in [2.24, 2.45) is 11.8 Å². The molecule has 0 bridgehead atoms. The minimum absolute atomic E-state index is 0.538. The minimum Gasteiger partial charge on any atom is -0.303 e. The van der Waals surface area contributed by atoms with Crippen LogP contribution in [-0.2, 0) is 4.84 Å². The quantitative estimate of drug-likeness (QED) is 0.743. The molecule has 3 heteroatoms. The SMILES string of the molecule is C[C@H]1C[C@H](ON2CCC(CCCN3CCCCC3)CC2)C1. The lowest BCUT2D eigenvalue weighted by Crippen LogP contribution is -2.41. The molecule has 3 rings (SSSR count). The molecule has 0 aromatic heterocycles. The second-order valence-corrected chi connectivity index (χ2v) is 7.72. The van der Waals surface area contributed by atoms with E-state index >= 15 is 0 Å². The van der Waals surface area contributed by atoms with Gasteiger partial charge in [0.2, 0.25) is 0 Å². The van der Waals surface area contributed by atoms with Gasteiger partial charge in [-0.05, 0) is 82.8 Å². The average molecular weight is 294 g/mol. The lowest BCUT2D eigenvalue weighted by atomic mass is 9.84. The highest BCUT2D eigenvalue weighted by Gasteiger charge is 2.30. The Kier molecular flexibility index (Phi) is 5.96. The third-order valence-corrected chi connectivity index (χ3v) is 5.74. The molecule has 0 aromatic carbocycles. The van der Waals surface area contributed by atoms with Crippen LogP contribution in [0.1, 0.15) is 64.7 Å². The van der Waals surface area contributed by atoms with Gasteiger partial charge in [-0.15, -0.1) is 0 Å². The molecule has 0 unspecified atom stereocenters. The van der Waals surface area contributed by atoms with Gasteiger partial charge in [-0.25, -0.2) is 0 Å². The predicted molar refractivity (Wildman–Crippen MR) is 87.1 cm³/mol. The van der Waals surface area contributed by atoms with Crippen molar-refractivity contribution in [2.75, 3.05) is 32.7 Å². The van der Waals surface area contributed by atoms with E-state index in [0.717, 1.165) is 11.8 Å². The van der Waals surface area contributed by atoms with Crippen molar-refractivity contribution in [1.29, 1.82) is 0 Å². The summed E-state index contributed by atoms with van der Waals surface area (Å²) in [6.45, 7) is 8.71. The van der Waals surface area contributed by atoms with Crippen LogP contribution in [0.3, 0.4) is 0 Å². The Balaban J connectivity index is 1.24. The monoisotopic (exact) mass is 294 g/mol. The zero-order chi connectivity index (χ0) is 14.5. The van der Waals surface area contributed by atoms with E-state index in [1.807, 2.05) is 0 Å². The first-order chi connectivity index (χ1) is 10.3. The van der Waals surface area contributed by atoms with Crippen LogP contribution in [0.25, 0.3) is 0 Å². The number of piperidine rings is 2. The Morgan fingerprint density at radius 3 is 2.33 bits per heavy atom. The maximum Gasteiger partial charge on any atom is 0.0798 e. The van der Waals surface area contributed by atoms with Gasteiger partial charge in [0, 0.05) is 13.1 Å². The zero-order valence-corrected chi connectivity index (χ0v) is 13.9. The summed E-state index contributed by atoms with van der Waals surface area (Å²) in [5.41, 5.74) is 0. The van der Waals surface area contributed by atoms with E-state index in [2.05, 4.69) is 16.9 Å². The molecule has 0 amide bonds. The number of hydrogen-bond acceptors (Lipinski definition) is 3. The molecule has 0 spiro atoms. The smallest absolute Gasteiger partial charge is 0.0798 e. The van der Waals surface area contributed by atoms with Crippen molar-refractivity contribution >= 4 is 0 Å². The lowest BCUT2D eigenvalue weighted by molar-refractivity contribution is -0.235. The number of likely N-dealkylation sites (tertiary alicyclic amines) is 1. The van der Waals surface area contributed by atoms with Crippen molar-refractivity contribution in [3.8, 4) is 0 Å². The van der Waals surface area contributed by atoms with E-state index in [0.29, 0.717) is 6.10 Å². The minimum atomic E-state index is 0.538. The van der Waals surface area contributed by atoms with E-state index in [9.17, 15) is 0 Å². The van der Waals surface area contributed by atoms with Crippen LogP contribution in [-0.4, -0.2) is 48.8 Å². The Bertz CT molecular complexity index is 290. The molecular formula is C18H34N2O. The molecule has 21 heavy (non-hydrogen) atoms. The van der Waals surface area contributed by atoms with Crippen molar-refractivity contribution in [1.82, 2.24) is 9.96 Å². The Hall–Kier alpha value is -0.120. The molecule has 3 nitrogen and oxygen atoms in total. The standard InChI is InChI=1S/C18H34N2O/c1-16-14-18(15-16)21-20-12-7-17(8-13-20)6-5-11-19-9-3-2-4-10-19/h16-18H,2-15H2,1H3/t16-,18-. The normalized spacial score (nSPS) is 33.0. The molecule has 2 saturated heterocycles. The fourth-order valence-corrected chi connectivity index (χ4v) is 4.22. The van der Waals surface area contributed by atoms with Gasteiger partial charge in [0.1, 0.15) is 0 Å². The molecule has 1 saturated carbocycles. The maximum atomic E-state index is 6.07. The summed E-state index contributed by atoms with van der Waals surface area (Å²) >= 11 is 0. The predicted octanol–water partition coefficient (Wildman–Crippen LogP) is 3.69. The van der Waals surface area contributed by atoms with Crippen LogP contribution in [0.2, 0.25) is 0 Å². The number of nitrogens with zero attached hydrogens (tertiary/aromatic N) is 2. The van der Waals surface area contributed by atoms with E-state index in [1.165, 1.54) is 90.5 Å². The van der Waals surface area contributed by atoms with Crippen LogP contribution < -0.4 is 0 Å². The second kappa shape index (κ2) is 7.94. The summed E-state index contributed by atoms with van der Waals surface area (Å²) in [5.74, 6) is 1.84. The molecule has 3 aliphatic rings. The van der Waals surface area contributed by atoms with Gasteiger partial charge in [0.25, 0.3) is 0 Å². The summed E-state index contributed by atoms with van der Waals surface area (Å²) in [6, 6.07) is 0. The molecule has 0 aromatic rings. The second-order valence-electron chi connectivity index (χ2n) is 7.72. The molecule has 3 fully saturated rings. The van der Waals surface area contributed by atoms with Crippen LogP contribution in [0.4, 0.5) is 0 Å². The van der Waals surface area contributed by atoms with E-state index in [1.54, 1.807) is 0 Å². The summed E-state index contributed by atoms with van der Waals surface area (Å²) < 4.78 is 0. The molecule has 122 valence electrons. The fourth-order valence-electron chi connectivity index (χ4n) is 4.22. The van der Waals surface area contributed by atoms with Gasteiger partial charge in [-0.3, -0.25) is 4.84 Å². The van der Waals surface area contributed by atoms with Gasteiger partial charge in [0.05, 0.1) is 6.10 Å². The highest BCUT2D eigenvalue weighted by molar-refractivity contribution is 4.77. The zero-order valence-electron chi connectivity index (χ0n) is 13.9. The van der Waals surface area contributed by atoms with Crippen molar-refractivity contribution in [2.45, 2.75) is 70.8 Å². The Morgan fingerprint density at radius 1 is 0.952 bits per heavy atom. The van der Waals surface area contributed by atoms with E-state index in [-0.39, 0.29) is 0 Å². The number of rotatable bonds is 6. The third kappa shape index (κ3) is 4.94. The third-order valence-electron chi connectivity index (χ3n) is 5.74. The van der Waals surface area contributed by atoms with Crippen molar-refractivity contribution in [3.63, 3.8) is 0 Å². The van der Waals surface area contributed by atoms with Gasteiger partial charge in [0.15, 0.2) is 0 Å². The van der Waals surface area contributed by atoms with Crippen LogP contribution in [0.15, 0.2) is 0 Å². The number of hydroxylamine groups is 2. The molecule has 2 heterocycles. The molecule has 2 aliphatic heterocycles. The lowest BCUT2D eigenvalue weighted by Gasteiger charge is -2.39. The van der Waals surface area contributed by atoms with Gasteiger partial charge in [-0.1, -0.05) is 13.3 Å². The largest absolute Gasteiger partial charge is 0.303 e. The Morgan fingerprint density at radius 2 is 1.67 bits per heavy atom. The summed E-state index contributed by atoms with van der Waals surface area (Å²) in [7, 11) is 0. The first-order valence-electron chi connectivity index (χ1n) is 9.43. The van der Waals surface area contributed by atoms with Gasteiger partial charge < -0.3 is 4.90 Å². The van der Waals surface area contributed by atoms with Gasteiger partial charge in [-0.2, -0.15) is 5.06 Å². The summed E-state index contributed by atoms with van der Waals surface area (Å²) in [4.78, 5) is 8.75. The fraction of sp³-hybridized carbons (Fsp3) is 1.00. The van der Waals surface area contributed by atoms with E-state index < -0.39 is 0 Å². The molecule has 0 radical (unpaired) electrons. The maximum absolute atomic E-state index is 6.07. The molecule has 1 aliphatic carbocycles. The first-order valence-corrected chi connectivity index (χ1v) is 9.43. The van der Waals surface area contributed by atoms with Gasteiger partial charge >= 0.3 is 0 Å². The van der Waals surface area contributed by atoms with Crippen LogP contribution >= 0.6 is 0 Å². The van der Waals surface area contributed by atoms with Crippen molar-refractivity contribution < 1.29 is 4.84 Å². The number of hydrogen-bond donors (Lipinski definition) is 0. The average Bonchev–Trinajstić information content (AvgIpc) is 2.48. The molecular weight excluding hydrogens is 260 g/mol. The Labute approximate surface area is 131 Å². The highest BCUT2D eigenvalue weighted by Crippen LogP contribution is 2.31. The summed E-state index contributed by atoms with van der Waals surface area (Å²) in [6.07, 6.45) is 12.9. The molecule has 0 N–H and O–H groups in total.